The topological polar surface area (TPSA) is 76.2 Å². The van der Waals surface area contributed by atoms with E-state index in [1.165, 1.54) is 12.8 Å². The average molecular weight is 212 g/mol. The van der Waals surface area contributed by atoms with Crippen molar-refractivity contribution < 1.29 is 9.90 Å². The van der Waals surface area contributed by atoms with Crippen molar-refractivity contribution in [1.29, 1.82) is 0 Å². The molecule has 5 heteroatoms. The van der Waals surface area contributed by atoms with Crippen molar-refractivity contribution in [3.8, 4) is 0 Å². The molecule has 1 saturated carbocycles. The van der Waals surface area contributed by atoms with Gasteiger partial charge in [-0.15, -0.1) is 11.3 Å². The van der Waals surface area contributed by atoms with Crippen LogP contribution < -0.4 is 5.73 Å². The lowest BCUT2D eigenvalue weighted by atomic mass is 10.2. The molecular formula is C9H12N2O2S. The van der Waals surface area contributed by atoms with Crippen LogP contribution in [0.25, 0.3) is 0 Å². The van der Waals surface area contributed by atoms with Crippen LogP contribution >= 0.6 is 11.3 Å². The number of aromatic nitrogens is 1. The summed E-state index contributed by atoms with van der Waals surface area (Å²) in [5.41, 5.74) is 6.23. The lowest BCUT2D eigenvalue weighted by molar-refractivity contribution is -0.138. The molecule has 1 atom stereocenters. The van der Waals surface area contributed by atoms with Gasteiger partial charge in [0, 0.05) is 17.7 Å². The highest BCUT2D eigenvalue weighted by Gasteiger charge is 2.27. The molecule has 0 bridgehead atoms. The molecule has 2 rings (SSSR count). The first kappa shape index (κ1) is 9.61. The fourth-order valence-corrected chi connectivity index (χ4v) is 2.25. The van der Waals surface area contributed by atoms with E-state index in [0.717, 1.165) is 10.7 Å². The Bertz CT molecular complexity index is 346. The maximum atomic E-state index is 10.5. The molecule has 0 amide bonds. The lowest BCUT2D eigenvalue weighted by Crippen LogP contribution is -2.32. The summed E-state index contributed by atoms with van der Waals surface area (Å²) in [5.74, 6) is -0.333. The highest BCUT2D eigenvalue weighted by atomic mass is 32.1. The molecule has 0 aliphatic heterocycles. The summed E-state index contributed by atoms with van der Waals surface area (Å²) in [4.78, 5) is 14.9. The summed E-state index contributed by atoms with van der Waals surface area (Å²) >= 11 is 1.61. The number of nitrogens with zero attached hydrogens (tertiary/aromatic N) is 1. The SMILES string of the molecule is NC(Cc1csc(C2CC2)n1)C(=O)O. The number of thiazole rings is 1. The van der Waals surface area contributed by atoms with Crippen LogP contribution in [-0.2, 0) is 11.2 Å². The first-order valence-corrected chi connectivity index (χ1v) is 5.47. The van der Waals surface area contributed by atoms with Gasteiger partial charge < -0.3 is 10.8 Å². The van der Waals surface area contributed by atoms with Gasteiger partial charge in [-0.1, -0.05) is 0 Å². The van der Waals surface area contributed by atoms with E-state index in [4.69, 9.17) is 10.8 Å². The minimum atomic E-state index is -0.967. The monoisotopic (exact) mass is 212 g/mol. The normalized spacial score (nSPS) is 18.1. The molecule has 76 valence electrons. The molecular weight excluding hydrogens is 200 g/mol. The Labute approximate surface area is 85.8 Å². The fraction of sp³-hybridized carbons (Fsp3) is 0.556. The number of nitrogens with two attached hydrogens (primary N) is 1. The van der Waals surface area contributed by atoms with Crippen LogP contribution in [-0.4, -0.2) is 22.1 Å². The molecule has 0 saturated heterocycles. The van der Waals surface area contributed by atoms with E-state index in [1.807, 2.05) is 5.38 Å². The van der Waals surface area contributed by atoms with E-state index < -0.39 is 12.0 Å². The molecule has 1 heterocycles. The highest BCUT2D eigenvalue weighted by molar-refractivity contribution is 7.09. The van der Waals surface area contributed by atoms with Crippen molar-refractivity contribution in [1.82, 2.24) is 4.98 Å². The number of hydrogen-bond acceptors (Lipinski definition) is 4. The quantitative estimate of drug-likeness (QED) is 0.779. The largest absolute Gasteiger partial charge is 0.480 e. The second kappa shape index (κ2) is 3.67. The zero-order valence-corrected chi connectivity index (χ0v) is 8.46. The summed E-state index contributed by atoms with van der Waals surface area (Å²) in [5, 5.41) is 11.7. The molecule has 1 fully saturated rings. The second-order valence-electron chi connectivity index (χ2n) is 3.60. The van der Waals surface area contributed by atoms with E-state index in [1.54, 1.807) is 11.3 Å². The smallest absolute Gasteiger partial charge is 0.320 e. The summed E-state index contributed by atoms with van der Waals surface area (Å²) in [6.45, 7) is 0. The predicted molar refractivity (Wildman–Crippen MR) is 53.4 cm³/mol. The second-order valence-corrected chi connectivity index (χ2v) is 4.49. The fourth-order valence-electron chi connectivity index (χ4n) is 1.25. The maximum Gasteiger partial charge on any atom is 0.320 e. The Kier molecular flexibility index (Phi) is 2.52. The molecule has 1 aliphatic rings. The number of carboxylic acid groups (broad SMARTS) is 1. The Morgan fingerprint density at radius 2 is 2.50 bits per heavy atom. The zero-order valence-electron chi connectivity index (χ0n) is 7.64. The molecule has 14 heavy (non-hydrogen) atoms. The minimum Gasteiger partial charge on any atom is -0.480 e. The van der Waals surface area contributed by atoms with Gasteiger partial charge in [-0.3, -0.25) is 4.79 Å². The molecule has 1 aliphatic carbocycles. The Morgan fingerprint density at radius 1 is 1.79 bits per heavy atom. The van der Waals surface area contributed by atoms with Gasteiger partial charge in [0.25, 0.3) is 0 Å². The van der Waals surface area contributed by atoms with Gasteiger partial charge in [0.15, 0.2) is 0 Å². The van der Waals surface area contributed by atoms with E-state index in [9.17, 15) is 4.79 Å². The first-order chi connectivity index (χ1) is 6.66. The van der Waals surface area contributed by atoms with Gasteiger partial charge in [-0.2, -0.15) is 0 Å². The molecule has 0 aromatic carbocycles. The molecule has 1 unspecified atom stereocenters. The number of carboxylic acids is 1. The van der Waals surface area contributed by atoms with E-state index in [0.29, 0.717) is 12.3 Å². The van der Waals surface area contributed by atoms with Crippen LogP contribution in [0.15, 0.2) is 5.38 Å². The van der Waals surface area contributed by atoms with E-state index >= 15 is 0 Å². The standard InChI is InChI=1S/C9H12N2O2S/c10-7(9(12)13)3-6-4-14-8(11-6)5-1-2-5/h4-5,7H,1-3,10H2,(H,12,13). The molecule has 3 N–H and O–H groups in total. The van der Waals surface area contributed by atoms with Crippen LogP contribution in [0, 0.1) is 0 Å². The van der Waals surface area contributed by atoms with Crippen molar-refractivity contribution in [3.05, 3.63) is 16.1 Å². The van der Waals surface area contributed by atoms with Gasteiger partial charge in [-0.05, 0) is 12.8 Å². The maximum absolute atomic E-state index is 10.5. The van der Waals surface area contributed by atoms with Crippen LogP contribution in [0.1, 0.15) is 29.5 Å². The molecule has 4 nitrogen and oxygen atoms in total. The van der Waals surface area contributed by atoms with Crippen LogP contribution in [0.5, 0.6) is 0 Å². The number of hydrogen-bond donors (Lipinski definition) is 2. The zero-order chi connectivity index (χ0) is 10.1. The van der Waals surface area contributed by atoms with Crippen LogP contribution in [0.3, 0.4) is 0 Å². The number of aliphatic carboxylic acids is 1. The molecule has 1 aromatic heterocycles. The third kappa shape index (κ3) is 2.10. The summed E-state index contributed by atoms with van der Waals surface area (Å²) in [6.07, 6.45) is 2.77. The summed E-state index contributed by atoms with van der Waals surface area (Å²) in [7, 11) is 0. The van der Waals surface area contributed by atoms with Crippen LogP contribution in [0.2, 0.25) is 0 Å². The Hall–Kier alpha value is -0.940. The Morgan fingerprint density at radius 3 is 3.07 bits per heavy atom. The van der Waals surface area contributed by atoms with Gasteiger partial charge >= 0.3 is 5.97 Å². The van der Waals surface area contributed by atoms with Crippen molar-refractivity contribution in [2.45, 2.75) is 31.2 Å². The molecule has 0 spiro atoms. The van der Waals surface area contributed by atoms with Crippen molar-refractivity contribution in [3.63, 3.8) is 0 Å². The van der Waals surface area contributed by atoms with Crippen LogP contribution in [0.4, 0.5) is 0 Å². The van der Waals surface area contributed by atoms with Gasteiger partial charge in [0.2, 0.25) is 0 Å². The minimum absolute atomic E-state index is 0.332. The third-order valence-corrected chi connectivity index (χ3v) is 3.30. The highest BCUT2D eigenvalue weighted by Crippen LogP contribution is 2.41. The van der Waals surface area contributed by atoms with Crippen molar-refractivity contribution >= 4 is 17.3 Å². The molecule has 1 aromatic rings. The summed E-state index contributed by atoms with van der Waals surface area (Å²) in [6, 6.07) is -0.829. The van der Waals surface area contributed by atoms with Crippen molar-refractivity contribution in [2.75, 3.05) is 0 Å². The average Bonchev–Trinajstić information content (AvgIpc) is 2.88. The summed E-state index contributed by atoms with van der Waals surface area (Å²) < 4.78 is 0. The lowest BCUT2D eigenvalue weighted by Gasteiger charge is -2.02. The molecule has 0 radical (unpaired) electrons. The van der Waals surface area contributed by atoms with Gasteiger partial charge in [0.05, 0.1) is 10.7 Å². The van der Waals surface area contributed by atoms with E-state index in [-0.39, 0.29) is 0 Å². The van der Waals surface area contributed by atoms with Gasteiger partial charge in [0.1, 0.15) is 6.04 Å². The number of rotatable bonds is 4. The Balaban J connectivity index is 1.98. The van der Waals surface area contributed by atoms with Crippen molar-refractivity contribution in [2.24, 2.45) is 5.73 Å². The van der Waals surface area contributed by atoms with Gasteiger partial charge in [-0.25, -0.2) is 4.98 Å². The number of carbonyl (C=O) groups is 1. The van der Waals surface area contributed by atoms with E-state index in [2.05, 4.69) is 4.98 Å². The first-order valence-electron chi connectivity index (χ1n) is 4.59. The third-order valence-electron chi connectivity index (χ3n) is 2.24. The predicted octanol–water partition coefficient (Wildman–Crippen LogP) is 0.975.